The second-order valence-electron chi connectivity index (χ2n) is 4.55. The highest BCUT2D eigenvalue weighted by Gasteiger charge is 2.26. The summed E-state index contributed by atoms with van der Waals surface area (Å²) in [7, 11) is 1.64. The van der Waals surface area contributed by atoms with E-state index in [9.17, 15) is 0 Å². The molecule has 2 unspecified atom stereocenters. The zero-order valence-electron chi connectivity index (χ0n) is 9.85. The lowest BCUT2D eigenvalue weighted by Gasteiger charge is -2.12. The predicted molar refractivity (Wildman–Crippen MR) is 59.6 cm³/mol. The van der Waals surface area contributed by atoms with Crippen LogP contribution >= 0.6 is 0 Å². The van der Waals surface area contributed by atoms with E-state index in [1.165, 1.54) is 0 Å². The Bertz CT molecular complexity index is 330. The molecule has 90 valence electrons. The standard InChI is InChI=1S/C11H19N3O2/c1-8-4-14(6-11(8)12)5-9-3-10(7-15-2)16-13-9/h3,8,11H,4-7,12H2,1-2H3. The molecule has 2 heterocycles. The minimum absolute atomic E-state index is 0.283. The fourth-order valence-electron chi connectivity index (χ4n) is 2.09. The van der Waals surface area contributed by atoms with E-state index in [-0.39, 0.29) is 6.04 Å². The van der Waals surface area contributed by atoms with Crippen LogP contribution in [0, 0.1) is 5.92 Å². The molecule has 0 spiro atoms. The molecule has 1 saturated heterocycles. The van der Waals surface area contributed by atoms with Crippen molar-refractivity contribution in [2.45, 2.75) is 26.1 Å². The van der Waals surface area contributed by atoms with Crippen LogP contribution in [0.5, 0.6) is 0 Å². The van der Waals surface area contributed by atoms with Crippen LogP contribution in [0.25, 0.3) is 0 Å². The lowest BCUT2D eigenvalue weighted by Crippen LogP contribution is -2.28. The van der Waals surface area contributed by atoms with E-state index in [1.54, 1.807) is 7.11 Å². The van der Waals surface area contributed by atoms with Crippen molar-refractivity contribution in [2.24, 2.45) is 11.7 Å². The van der Waals surface area contributed by atoms with Crippen molar-refractivity contribution in [1.82, 2.24) is 10.1 Å². The van der Waals surface area contributed by atoms with Crippen LogP contribution in [0.2, 0.25) is 0 Å². The van der Waals surface area contributed by atoms with Crippen LogP contribution in [-0.2, 0) is 17.9 Å². The Morgan fingerprint density at radius 1 is 1.62 bits per heavy atom. The van der Waals surface area contributed by atoms with E-state index in [0.717, 1.165) is 31.1 Å². The summed E-state index contributed by atoms with van der Waals surface area (Å²) < 4.78 is 10.1. The zero-order valence-corrected chi connectivity index (χ0v) is 9.85. The minimum atomic E-state index is 0.283. The summed E-state index contributed by atoms with van der Waals surface area (Å²) in [6, 6.07) is 2.23. The first-order valence-electron chi connectivity index (χ1n) is 5.60. The van der Waals surface area contributed by atoms with Crippen molar-refractivity contribution in [3.05, 3.63) is 17.5 Å². The lowest BCUT2D eigenvalue weighted by atomic mass is 10.1. The van der Waals surface area contributed by atoms with E-state index in [1.807, 2.05) is 6.07 Å². The van der Waals surface area contributed by atoms with Crippen LogP contribution in [0.1, 0.15) is 18.4 Å². The van der Waals surface area contributed by atoms with Gasteiger partial charge in [-0.25, -0.2) is 0 Å². The molecule has 1 aromatic heterocycles. The zero-order chi connectivity index (χ0) is 11.5. The summed E-state index contributed by atoms with van der Waals surface area (Å²) in [6.07, 6.45) is 0. The SMILES string of the molecule is COCc1cc(CN2CC(C)C(N)C2)no1. The number of aromatic nitrogens is 1. The number of ether oxygens (including phenoxy) is 1. The smallest absolute Gasteiger partial charge is 0.162 e. The maximum absolute atomic E-state index is 5.97. The van der Waals surface area contributed by atoms with Crippen molar-refractivity contribution < 1.29 is 9.26 Å². The van der Waals surface area contributed by atoms with Crippen molar-refractivity contribution in [3.8, 4) is 0 Å². The first-order valence-corrected chi connectivity index (χ1v) is 5.60. The first-order chi connectivity index (χ1) is 7.69. The topological polar surface area (TPSA) is 64.5 Å². The van der Waals surface area contributed by atoms with Gasteiger partial charge in [-0.3, -0.25) is 4.90 Å². The molecule has 5 heteroatoms. The third-order valence-corrected chi connectivity index (χ3v) is 3.03. The molecule has 1 aromatic rings. The van der Waals surface area contributed by atoms with Gasteiger partial charge < -0.3 is 15.0 Å². The molecule has 0 saturated carbocycles. The van der Waals surface area contributed by atoms with Gasteiger partial charge in [0.2, 0.25) is 0 Å². The van der Waals surface area contributed by atoms with Crippen LogP contribution < -0.4 is 5.73 Å². The Balaban J connectivity index is 1.89. The number of hydrogen-bond donors (Lipinski definition) is 1. The van der Waals surface area contributed by atoms with Crippen molar-refractivity contribution in [3.63, 3.8) is 0 Å². The summed E-state index contributed by atoms with van der Waals surface area (Å²) >= 11 is 0. The quantitative estimate of drug-likeness (QED) is 0.813. The molecule has 2 atom stereocenters. The third kappa shape index (κ3) is 2.61. The van der Waals surface area contributed by atoms with Crippen molar-refractivity contribution in [1.29, 1.82) is 0 Å². The van der Waals surface area contributed by atoms with E-state index < -0.39 is 0 Å². The van der Waals surface area contributed by atoms with Gasteiger partial charge in [0.05, 0.1) is 5.69 Å². The van der Waals surface area contributed by atoms with Crippen LogP contribution in [0.3, 0.4) is 0 Å². The Labute approximate surface area is 95.5 Å². The van der Waals surface area contributed by atoms with Crippen LogP contribution in [0.15, 0.2) is 10.6 Å². The molecule has 0 aliphatic carbocycles. The van der Waals surface area contributed by atoms with Gasteiger partial charge in [-0.15, -0.1) is 0 Å². The number of likely N-dealkylation sites (tertiary alicyclic amines) is 1. The maximum Gasteiger partial charge on any atom is 0.162 e. The number of rotatable bonds is 4. The maximum atomic E-state index is 5.97. The highest BCUT2D eigenvalue weighted by atomic mass is 16.5. The van der Waals surface area contributed by atoms with Gasteiger partial charge in [0, 0.05) is 38.9 Å². The number of hydrogen-bond acceptors (Lipinski definition) is 5. The molecule has 1 aliphatic rings. The number of nitrogens with zero attached hydrogens (tertiary/aromatic N) is 2. The van der Waals surface area contributed by atoms with E-state index >= 15 is 0 Å². The summed E-state index contributed by atoms with van der Waals surface area (Å²) in [4.78, 5) is 2.31. The highest BCUT2D eigenvalue weighted by Crippen LogP contribution is 2.17. The summed E-state index contributed by atoms with van der Waals surface area (Å²) in [5.41, 5.74) is 6.92. The van der Waals surface area contributed by atoms with Gasteiger partial charge >= 0.3 is 0 Å². The van der Waals surface area contributed by atoms with Crippen molar-refractivity contribution in [2.75, 3.05) is 20.2 Å². The molecule has 2 rings (SSSR count). The largest absolute Gasteiger partial charge is 0.377 e. The Hall–Kier alpha value is -0.910. The monoisotopic (exact) mass is 225 g/mol. The Morgan fingerprint density at radius 3 is 3.06 bits per heavy atom. The van der Waals surface area contributed by atoms with Crippen molar-refractivity contribution >= 4 is 0 Å². The van der Waals surface area contributed by atoms with Gasteiger partial charge in [0.25, 0.3) is 0 Å². The normalized spacial score (nSPS) is 26.4. The predicted octanol–water partition coefficient (Wildman–Crippen LogP) is 0.600. The molecule has 0 radical (unpaired) electrons. The highest BCUT2D eigenvalue weighted by molar-refractivity contribution is 5.05. The molecule has 0 aromatic carbocycles. The van der Waals surface area contributed by atoms with E-state index in [0.29, 0.717) is 12.5 Å². The molecular formula is C11H19N3O2. The Morgan fingerprint density at radius 2 is 2.44 bits per heavy atom. The molecule has 5 nitrogen and oxygen atoms in total. The van der Waals surface area contributed by atoms with Crippen LogP contribution in [-0.4, -0.2) is 36.3 Å². The lowest BCUT2D eigenvalue weighted by molar-refractivity contribution is 0.155. The average molecular weight is 225 g/mol. The summed E-state index contributed by atoms with van der Waals surface area (Å²) in [5.74, 6) is 1.33. The van der Waals surface area contributed by atoms with Gasteiger partial charge in [0.15, 0.2) is 5.76 Å². The second-order valence-corrected chi connectivity index (χ2v) is 4.55. The van der Waals surface area contributed by atoms with Crippen LogP contribution in [0.4, 0.5) is 0 Å². The molecule has 16 heavy (non-hydrogen) atoms. The third-order valence-electron chi connectivity index (χ3n) is 3.03. The van der Waals surface area contributed by atoms with Gasteiger partial charge in [-0.05, 0) is 5.92 Å². The van der Waals surface area contributed by atoms with Gasteiger partial charge in [0.1, 0.15) is 6.61 Å². The molecular weight excluding hydrogens is 206 g/mol. The molecule has 0 bridgehead atoms. The number of nitrogens with two attached hydrogens (primary N) is 1. The fourth-order valence-corrected chi connectivity index (χ4v) is 2.09. The molecule has 0 amide bonds. The number of methoxy groups -OCH3 is 1. The summed E-state index contributed by atoms with van der Waals surface area (Å²) in [6.45, 7) is 5.44. The fraction of sp³-hybridized carbons (Fsp3) is 0.727. The Kier molecular flexibility index (Phi) is 3.58. The summed E-state index contributed by atoms with van der Waals surface area (Å²) in [5, 5.41) is 4.01. The second kappa shape index (κ2) is 4.95. The molecule has 2 N–H and O–H groups in total. The van der Waals surface area contributed by atoms with E-state index in [4.69, 9.17) is 15.0 Å². The minimum Gasteiger partial charge on any atom is -0.377 e. The average Bonchev–Trinajstić information content (AvgIpc) is 2.77. The van der Waals surface area contributed by atoms with Gasteiger partial charge in [-0.2, -0.15) is 0 Å². The first kappa shape index (κ1) is 11.6. The molecule has 1 aliphatic heterocycles. The van der Waals surface area contributed by atoms with E-state index in [2.05, 4.69) is 17.0 Å². The van der Waals surface area contributed by atoms with Gasteiger partial charge in [-0.1, -0.05) is 12.1 Å². The molecule has 1 fully saturated rings.